The molecule has 2 amide bonds. The first-order valence-electron chi connectivity index (χ1n) is 15.6. The molecule has 8 nitrogen and oxygen atoms in total. The normalized spacial score (nSPS) is 11.8. The summed E-state index contributed by atoms with van der Waals surface area (Å²) >= 11 is 0. The van der Waals surface area contributed by atoms with Gasteiger partial charge in [-0.25, -0.2) is 0 Å². The Kier molecular flexibility index (Phi) is 12.5. The molecule has 0 atom stereocenters. The van der Waals surface area contributed by atoms with Crippen molar-refractivity contribution >= 4 is 22.6 Å². The molecule has 0 fully saturated rings. The Morgan fingerprint density at radius 1 is 0.795 bits per heavy atom. The number of phenols is 1. The number of nitrogens with one attached hydrogen (secondary N) is 2. The summed E-state index contributed by atoms with van der Waals surface area (Å²) in [5.74, 6) is 0.415. The highest BCUT2D eigenvalue weighted by Gasteiger charge is 2.26. The van der Waals surface area contributed by atoms with Gasteiger partial charge < -0.3 is 30.0 Å². The van der Waals surface area contributed by atoms with E-state index in [1.807, 2.05) is 6.07 Å². The zero-order chi connectivity index (χ0) is 32.3. The van der Waals surface area contributed by atoms with E-state index >= 15 is 0 Å². The highest BCUT2D eigenvalue weighted by Crippen LogP contribution is 2.39. The van der Waals surface area contributed by atoms with Crippen molar-refractivity contribution < 1.29 is 28.9 Å². The molecule has 8 heteroatoms. The highest BCUT2D eigenvalue weighted by atomic mass is 16.5. The second-order valence-electron chi connectivity index (χ2n) is 12.4. The molecule has 3 aromatic rings. The Morgan fingerprint density at radius 3 is 2.18 bits per heavy atom. The van der Waals surface area contributed by atoms with Crippen LogP contribution in [0.3, 0.4) is 0 Å². The molecule has 0 radical (unpaired) electrons. The number of amides is 2. The maximum absolute atomic E-state index is 13.1. The lowest BCUT2D eigenvalue weighted by Crippen LogP contribution is -2.31. The fourth-order valence-electron chi connectivity index (χ4n) is 4.81. The number of unbranched alkanes of at least 4 members (excludes halogenated alkanes) is 1. The van der Waals surface area contributed by atoms with Gasteiger partial charge in [-0.1, -0.05) is 77.9 Å². The van der Waals surface area contributed by atoms with Crippen LogP contribution in [0.25, 0.3) is 10.8 Å². The van der Waals surface area contributed by atoms with Crippen LogP contribution in [0, 0.1) is 0 Å². The van der Waals surface area contributed by atoms with Gasteiger partial charge in [0.1, 0.15) is 17.2 Å². The van der Waals surface area contributed by atoms with Crippen molar-refractivity contribution in [3.63, 3.8) is 0 Å². The number of carbonyl (C=O) groups is 2. The lowest BCUT2D eigenvalue weighted by molar-refractivity contribution is -0.123. The first-order chi connectivity index (χ1) is 20.9. The van der Waals surface area contributed by atoms with Crippen LogP contribution in [0.15, 0.2) is 48.5 Å². The fourth-order valence-corrected chi connectivity index (χ4v) is 4.81. The molecular weight excluding hydrogens is 556 g/mol. The number of phenolic OH excluding ortho intramolecular Hbond substituents is 1. The summed E-state index contributed by atoms with van der Waals surface area (Å²) < 4.78 is 17.0. The second kappa shape index (κ2) is 15.8. The number of fused-ring (bicyclic) bond motifs is 1. The van der Waals surface area contributed by atoms with Crippen molar-refractivity contribution in [3.05, 3.63) is 65.2 Å². The Bertz CT molecular complexity index is 1420. The molecule has 0 aromatic heterocycles. The smallest absolute Gasteiger partial charge is 0.258 e. The number of aromatic hydroxyl groups is 1. The van der Waals surface area contributed by atoms with Gasteiger partial charge in [-0.05, 0) is 54.2 Å². The summed E-state index contributed by atoms with van der Waals surface area (Å²) in [7, 11) is 1.56. The number of rotatable bonds is 17. The number of hydrogen-bond acceptors (Lipinski definition) is 6. The SMILES string of the molecule is CCC(C)(C)c1ccc(OCCCCNC(=O)c2cc(OCC(=O)NCCOC)c3ccccc3c2O)c(C(C)(C)CC)c1. The van der Waals surface area contributed by atoms with Crippen LogP contribution >= 0.6 is 0 Å². The van der Waals surface area contributed by atoms with Gasteiger partial charge in [-0.2, -0.15) is 0 Å². The first kappa shape index (κ1) is 34.7. The predicted molar refractivity (Wildman–Crippen MR) is 176 cm³/mol. The van der Waals surface area contributed by atoms with Crippen molar-refractivity contribution in [1.29, 1.82) is 0 Å². The molecule has 0 bridgehead atoms. The molecule has 3 aromatic carbocycles. The Labute approximate surface area is 262 Å². The summed E-state index contributed by atoms with van der Waals surface area (Å²) in [5.41, 5.74) is 2.73. The summed E-state index contributed by atoms with van der Waals surface area (Å²) in [6.07, 6.45) is 3.52. The minimum Gasteiger partial charge on any atom is -0.506 e. The monoisotopic (exact) mass is 606 g/mol. The van der Waals surface area contributed by atoms with Crippen LogP contribution in [0.4, 0.5) is 0 Å². The van der Waals surface area contributed by atoms with E-state index < -0.39 is 5.91 Å². The van der Waals surface area contributed by atoms with Crippen LogP contribution in [0.5, 0.6) is 17.2 Å². The van der Waals surface area contributed by atoms with E-state index in [9.17, 15) is 14.7 Å². The van der Waals surface area contributed by atoms with Gasteiger partial charge in [-0.3, -0.25) is 9.59 Å². The van der Waals surface area contributed by atoms with Crippen molar-refractivity contribution in [2.45, 2.75) is 78.1 Å². The quantitative estimate of drug-likeness (QED) is 0.149. The highest BCUT2D eigenvalue weighted by molar-refractivity contribution is 6.05. The molecule has 0 saturated carbocycles. The molecule has 0 saturated heterocycles. The third kappa shape index (κ3) is 8.88. The van der Waals surface area contributed by atoms with Crippen molar-refractivity contribution in [1.82, 2.24) is 10.6 Å². The van der Waals surface area contributed by atoms with Gasteiger partial charge in [0.2, 0.25) is 0 Å². The van der Waals surface area contributed by atoms with Gasteiger partial charge in [0.25, 0.3) is 11.8 Å². The maximum atomic E-state index is 13.1. The summed E-state index contributed by atoms with van der Waals surface area (Å²) in [6, 6.07) is 15.2. The van der Waals surface area contributed by atoms with Crippen LogP contribution in [-0.4, -0.2) is 56.9 Å². The standard InChI is InChI=1S/C36H50N2O6/c1-8-35(3,4)25-16-17-30(29(22-25)36(5,6)9-2)43-20-13-12-18-38-34(41)28-23-31(44-24-32(39)37-19-21-42-7)26-14-10-11-15-27(26)33(28)40/h10-11,14-17,22-23,40H,8-9,12-13,18-21,24H2,1-7H3,(H,37,39)(H,38,41). The van der Waals surface area contributed by atoms with E-state index in [1.165, 1.54) is 17.2 Å². The second-order valence-corrected chi connectivity index (χ2v) is 12.4. The average Bonchev–Trinajstić information content (AvgIpc) is 3.02. The summed E-state index contributed by atoms with van der Waals surface area (Å²) in [5, 5.41) is 17.6. The van der Waals surface area contributed by atoms with Gasteiger partial charge >= 0.3 is 0 Å². The van der Waals surface area contributed by atoms with Crippen molar-refractivity contribution in [3.8, 4) is 17.2 Å². The van der Waals surface area contributed by atoms with Gasteiger partial charge in [0.15, 0.2) is 6.61 Å². The van der Waals surface area contributed by atoms with Crippen molar-refractivity contribution in [2.75, 3.05) is 40.0 Å². The van der Waals surface area contributed by atoms with E-state index in [0.717, 1.165) is 25.0 Å². The number of hydrogen-bond donors (Lipinski definition) is 3. The summed E-state index contributed by atoms with van der Waals surface area (Å²) in [6.45, 7) is 15.0. The Balaban J connectivity index is 1.60. The van der Waals surface area contributed by atoms with Gasteiger partial charge in [-0.15, -0.1) is 0 Å². The molecule has 44 heavy (non-hydrogen) atoms. The molecule has 0 heterocycles. The first-order valence-corrected chi connectivity index (χ1v) is 15.6. The zero-order valence-electron chi connectivity index (χ0n) is 27.5. The molecule has 0 aliphatic heterocycles. The average molecular weight is 607 g/mol. The van der Waals surface area contributed by atoms with Gasteiger partial charge in [0, 0.05) is 36.5 Å². The largest absolute Gasteiger partial charge is 0.506 e. The van der Waals surface area contributed by atoms with Crippen LogP contribution < -0.4 is 20.1 Å². The Hall–Kier alpha value is -3.78. The third-order valence-corrected chi connectivity index (χ3v) is 8.58. The van der Waals surface area contributed by atoms with E-state index in [0.29, 0.717) is 49.2 Å². The van der Waals surface area contributed by atoms with E-state index in [-0.39, 0.29) is 34.7 Å². The number of methoxy groups -OCH3 is 1. The molecule has 3 rings (SSSR count). The van der Waals surface area contributed by atoms with Crippen LogP contribution in [0.2, 0.25) is 0 Å². The maximum Gasteiger partial charge on any atom is 0.258 e. The molecule has 0 aliphatic rings. The van der Waals surface area contributed by atoms with Crippen LogP contribution in [-0.2, 0) is 20.4 Å². The van der Waals surface area contributed by atoms with Crippen LogP contribution in [0.1, 0.15) is 88.7 Å². The molecule has 3 N–H and O–H groups in total. The summed E-state index contributed by atoms with van der Waals surface area (Å²) in [4.78, 5) is 25.3. The van der Waals surface area contributed by atoms with Gasteiger partial charge in [0.05, 0.1) is 18.8 Å². The number of ether oxygens (including phenoxy) is 3. The Morgan fingerprint density at radius 2 is 1.50 bits per heavy atom. The van der Waals surface area contributed by atoms with Crippen molar-refractivity contribution in [2.24, 2.45) is 0 Å². The molecular formula is C36H50N2O6. The van der Waals surface area contributed by atoms with E-state index in [2.05, 4.69) is 70.4 Å². The number of benzene rings is 3. The molecule has 0 spiro atoms. The number of carbonyl (C=O) groups excluding carboxylic acids is 2. The lowest BCUT2D eigenvalue weighted by Gasteiger charge is -2.30. The predicted octanol–water partition coefficient (Wildman–Crippen LogP) is 6.65. The minimum atomic E-state index is -0.412. The topological polar surface area (TPSA) is 106 Å². The van der Waals surface area contributed by atoms with E-state index in [1.54, 1.807) is 25.3 Å². The lowest BCUT2D eigenvalue weighted by atomic mass is 9.76. The molecule has 240 valence electrons. The van der Waals surface area contributed by atoms with E-state index in [4.69, 9.17) is 14.2 Å². The fraction of sp³-hybridized carbons (Fsp3) is 0.500. The molecule has 0 aliphatic carbocycles. The third-order valence-electron chi connectivity index (χ3n) is 8.58. The molecule has 0 unspecified atom stereocenters. The zero-order valence-corrected chi connectivity index (χ0v) is 27.5. The minimum absolute atomic E-state index is 0.0125.